The summed E-state index contributed by atoms with van der Waals surface area (Å²) < 4.78 is 5.43. The lowest BCUT2D eigenvalue weighted by Crippen LogP contribution is -2.30. The summed E-state index contributed by atoms with van der Waals surface area (Å²) >= 11 is 6.03. The minimum absolute atomic E-state index is 0.276. The predicted octanol–water partition coefficient (Wildman–Crippen LogP) is 5.06. The van der Waals surface area contributed by atoms with Crippen LogP contribution in [0.1, 0.15) is 32.0 Å². The molecule has 0 saturated carbocycles. The van der Waals surface area contributed by atoms with Crippen LogP contribution in [-0.4, -0.2) is 40.0 Å². The highest BCUT2D eigenvalue weighted by molar-refractivity contribution is 6.30. The van der Waals surface area contributed by atoms with Crippen molar-refractivity contribution >= 4 is 17.4 Å². The number of halogens is 1. The van der Waals surface area contributed by atoms with Gasteiger partial charge in [-0.05, 0) is 44.5 Å². The molecule has 6 nitrogen and oxygen atoms in total. The molecule has 0 amide bonds. The molecule has 1 atom stereocenters. The van der Waals surface area contributed by atoms with Crippen LogP contribution >= 0.6 is 11.6 Å². The third kappa shape index (κ3) is 5.10. The van der Waals surface area contributed by atoms with Crippen molar-refractivity contribution in [3.8, 4) is 11.3 Å². The Balaban J connectivity index is 1.55. The van der Waals surface area contributed by atoms with Gasteiger partial charge in [0.25, 0.3) is 0 Å². The van der Waals surface area contributed by atoms with Gasteiger partial charge in [0.15, 0.2) is 5.76 Å². The molecule has 2 aromatic heterocycles. The Hall–Kier alpha value is -2.41. The van der Waals surface area contributed by atoms with E-state index in [0.29, 0.717) is 23.0 Å². The Labute approximate surface area is 170 Å². The van der Waals surface area contributed by atoms with Crippen LogP contribution in [-0.2, 0) is 0 Å². The average Bonchev–Trinajstić information content (AvgIpc) is 3.21. The van der Waals surface area contributed by atoms with Crippen molar-refractivity contribution in [1.82, 2.24) is 15.2 Å². The number of hydroxylamine groups is 2. The summed E-state index contributed by atoms with van der Waals surface area (Å²) in [5, 5.41) is 16.5. The molecule has 0 aliphatic rings. The van der Waals surface area contributed by atoms with Crippen molar-refractivity contribution in [3.63, 3.8) is 0 Å². The maximum atomic E-state index is 10.4. The summed E-state index contributed by atoms with van der Waals surface area (Å²) in [6.45, 7) is 6.19. The van der Waals surface area contributed by atoms with E-state index < -0.39 is 0 Å². The van der Waals surface area contributed by atoms with Gasteiger partial charge in [-0.1, -0.05) is 35.0 Å². The Morgan fingerprint density at radius 1 is 1.14 bits per heavy atom. The highest BCUT2D eigenvalue weighted by Crippen LogP contribution is 2.27. The van der Waals surface area contributed by atoms with E-state index in [2.05, 4.69) is 22.0 Å². The van der Waals surface area contributed by atoms with Crippen LogP contribution in [0.5, 0.6) is 0 Å². The summed E-state index contributed by atoms with van der Waals surface area (Å²) in [7, 11) is 0. The van der Waals surface area contributed by atoms with E-state index >= 15 is 0 Å². The van der Waals surface area contributed by atoms with Gasteiger partial charge < -0.3 is 14.6 Å². The maximum absolute atomic E-state index is 10.4. The van der Waals surface area contributed by atoms with Crippen molar-refractivity contribution < 1.29 is 9.73 Å². The SMILES string of the molecule is CCN(CCCN(O)C(C)c1cc(-c2cccc(Cl)c2)on1)c1ccccn1. The smallest absolute Gasteiger partial charge is 0.167 e. The van der Waals surface area contributed by atoms with E-state index in [-0.39, 0.29) is 6.04 Å². The lowest BCUT2D eigenvalue weighted by molar-refractivity contribution is -0.125. The molecular weight excluding hydrogens is 376 g/mol. The molecule has 1 unspecified atom stereocenters. The molecule has 1 N–H and O–H groups in total. The maximum Gasteiger partial charge on any atom is 0.167 e. The van der Waals surface area contributed by atoms with Crippen molar-refractivity contribution in [3.05, 3.63) is 65.4 Å². The van der Waals surface area contributed by atoms with Crippen LogP contribution in [0.4, 0.5) is 5.82 Å². The summed E-state index contributed by atoms with van der Waals surface area (Å²) in [6, 6.07) is 14.9. The highest BCUT2D eigenvalue weighted by atomic mass is 35.5. The molecule has 0 fully saturated rings. The summed E-state index contributed by atoms with van der Waals surface area (Å²) in [6.07, 6.45) is 2.59. The van der Waals surface area contributed by atoms with Gasteiger partial charge in [-0.2, -0.15) is 5.06 Å². The van der Waals surface area contributed by atoms with Crippen molar-refractivity contribution in [2.24, 2.45) is 0 Å². The molecule has 0 saturated heterocycles. The van der Waals surface area contributed by atoms with E-state index in [1.807, 2.05) is 55.5 Å². The number of benzene rings is 1. The fourth-order valence-corrected chi connectivity index (χ4v) is 3.20. The van der Waals surface area contributed by atoms with E-state index in [1.54, 1.807) is 6.20 Å². The van der Waals surface area contributed by atoms with Crippen molar-refractivity contribution in [1.29, 1.82) is 0 Å². The highest BCUT2D eigenvalue weighted by Gasteiger charge is 2.19. The molecule has 1 aromatic carbocycles. The normalized spacial score (nSPS) is 12.3. The molecule has 0 aliphatic carbocycles. The van der Waals surface area contributed by atoms with E-state index in [4.69, 9.17) is 16.1 Å². The number of hydrogen-bond donors (Lipinski definition) is 1. The monoisotopic (exact) mass is 400 g/mol. The number of anilines is 1. The topological polar surface area (TPSA) is 65.6 Å². The van der Waals surface area contributed by atoms with Gasteiger partial charge >= 0.3 is 0 Å². The van der Waals surface area contributed by atoms with E-state index in [1.165, 1.54) is 5.06 Å². The fraction of sp³-hybridized carbons (Fsp3) is 0.333. The number of aromatic nitrogens is 2. The fourth-order valence-electron chi connectivity index (χ4n) is 3.01. The minimum Gasteiger partial charge on any atom is -0.357 e. The first-order valence-electron chi connectivity index (χ1n) is 9.42. The van der Waals surface area contributed by atoms with Crippen molar-refractivity contribution in [2.45, 2.75) is 26.3 Å². The van der Waals surface area contributed by atoms with E-state index in [9.17, 15) is 5.21 Å². The van der Waals surface area contributed by atoms with Gasteiger partial charge in [0.1, 0.15) is 11.5 Å². The molecule has 28 heavy (non-hydrogen) atoms. The van der Waals surface area contributed by atoms with Crippen LogP contribution in [0.2, 0.25) is 5.02 Å². The van der Waals surface area contributed by atoms with Crippen LogP contribution in [0.25, 0.3) is 11.3 Å². The molecular formula is C21H25ClN4O2. The molecule has 0 aliphatic heterocycles. The van der Waals surface area contributed by atoms with Crippen LogP contribution in [0, 0.1) is 0 Å². The van der Waals surface area contributed by atoms with Gasteiger partial charge in [0.05, 0.1) is 6.04 Å². The Kier molecular flexibility index (Phi) is 7.03. The zero-order valence-electron chi connectivity index (χ0n) is 16.1. The second-order valence-corrected chi connectivity index (χ2v) is 7.02. The number of rotatable bonds is 9. The standard InChI is InChI=1S/C21H25ClN4O2/c1-3-25(21-10-4-5-11-23-21)12-7-13-26(27)16(2)19-15-20(28-24-19)17-8-6-9-18(22)14-17/h4-6,8-11,14-16,27H,3,7,12-13H2,1-2H3. The zero-order valence-corrected chi connectivity index (χ0v) is 16.9. The third-order valence-electron chi connectivity index (χ3n) is 4.68. The summed E-state index contributed by atoms with van der Waals surface area (Å²) in [5.74, 6) is 1.58. The van der Waals surface area contributed by atoms with Crippen LogP contribution in [0.3, 0.4) is 0 Å². The predicted molar refractivity (Wildman–Crippen MR) is 111 cm³/mol. The first-order valence-corrected chi connectivity index (χ1v) is 9.80. The van der Waals surface area contributed by atoms with Gasteiger partial charge in [-0.3, -0.25) is 0 Å². The van der Waals surface area contributed by atoms with Gasteiger partial charge in [-0.25, -0.2) is 4.98 Å². The molecule has 0 bridgehead atoms. The molecule has 3 aromatic rings. The minimum atomic E-state index is -0.276. The Morgan fingerprint density at radius 2 is 2.00 bits per heavy atom. The summed E-state index contributed by atoms with van der Waals surface area (Å²) in [4.78, 5) is 6.57. The number of hydrogen-bond acceptors (Lipinski definition) is 6. The molecule has 148 valence electrons. The first-order chi connectivity index (χ1) is 13.6. The largest absolute Gasteiger partial charge is 0.357 e. The zero-order chi connectivity index (χ0) is 19.9. The lowest BCUT2D eigenvalue weighted by atomic mass is 10.1. The number of nitrogens with zero attached hydrogens (tertiary/aromatic N) is 4. The molecule has 0 radical (unpaired) electrons. The van der Waals surface area contributed by atoms with Gasteiger partial charge in [0.2, 0.25) is 0 Å². The van der Waals surface area contributed by atoms with E-state index in [0.717, 1.165) is 30.9 Å². The lowest BCUT2D eigenvalue weighted by Gasteiger charge is -2.24. The Bertz CT molecular complexity index is 872. The first kappa shape index (κ1) is 20.3. The molecule has 7 heteroatoms. The summed E-state index contributed by atoms with van der Waals surface area (Å²) in [5.41, 5.74) is 1.53. The van der Waals surface area contributed by atoms with Crippen LogP contribution in [0.15, 0.2) is 59.3 Å². The molecule has 0 spiro atoms. The van der Waals surface area contributed by atoms with Crippen LogP contribution < -0.4 is 4.90 Å². The van der Waals surface area contributed by atoms with Gasteiger partial charge in [0, 0.05) is 42.5 Å². The quantitative estimate of drug-likeness (QED) is 0.506. The Morgan fingerprint density at radius 3 is 2.71 bits per heavy atom. The number of pyridine rings is 1. The molecule has 3 rings (SSSR count). The third-order valence-corrected chi connectivity index (χ3v) is 4.92. The molecule has 2 heterocycles. The van der Waals surface area contributed by atoms with Crippen molar-refractivity contribution in [2.75, 3.05) is 24.5 Å². The van der Waals surface area contributed by atoms with Gasteiger partial charge in [-0.15, -0.1) is 0 Å². The second-order valence-electron chi connectivity index (χ2n) is 6.59. The second kappa shape index (κ2) is 9.68. The average molecular weight is 401 g/mol.